The summed E-state index contributed by atoms with van der Waals surface area (Å²) < 4.78 is 22.9. The van der Waals surface area contributed by atoms with Crippen LogP contribution in [0.15, 0.2) is 85.1 Å². The molecule has 0 aromatic rings. The maximum atomic E-state index is 13.0. The lowest BCUT2D eigenvalue weighted by Gasteiger charge is -2.26. The van der Waals surface area contributed by atoms with E-state index in [1.807, 2.05) is 21.1 Å². The van der Waals surface area contributed by atoms with Gasteiger partial charge in [-0.25, -0.2) is 0 Å². The summed E-state index contributed by atoms with van der Waals surface area (Å²) in [6.45, 7) is 4.70. The normalized spacial score (nSPS) is 13.0. The molecule has 0 fully saturated rings. The molecule has 2 unspecified atom stereocenters. The number of carboxylic acid groups (broad SMARTS) is 1. The van der Waals surface area contributed by atoms with Crippen molar-refractivity contribution in [3.8, 4) is 0 Å². The first kappa shape index (κ1) is 95.5. The van der Waals surface area contributed by atoms with Crippen LogP contribution in [-0.4, -0.2) is 82.3 Å². The number of esters is 2. The van der Waals surface area contributed by atoms with Gasteiger partial charge in [-0.2, -0.15) is 0 Å². The van der Waals surface area contributed by atoms with E-state index in [0.717, 1.165) is 77.0 Å². The largest absolute Gasteiger partial charge is 0.545 e. The predicted molar refractivity (Wildman–Crippen MR) is 426 cm³/mol. The minimum atomic E-state index is -1.62. The molecule has 2 atom stereocenters. The van der Waals surface area contributed by atoms with Crippen LogP contribution in [0, 0.1) is 0 Å². The smallest absolute Gasteiger partial charge is 0.306 e. The third-order valence-electron chi connectivity index (χ3n) is 19.2. The third kappa shape index (κ3) is 81.6. The molecule has 0 spiro atoms. The number of ether oxygens (including phenoxy) is 4. The number of carboxylic acids is 1. The van der Waals surface area contributed by atoms with Crippen LogP contribution in [0.5, 0.6) is 0 Å². The predicted octanol–water partition coefficient (Wildman–Crippen LogP) is 26.4. The number of carbonyl (C=O) groups excluding carboxylic acids is 3. The van der Waals surface area contributed by atoms with Crippen LogP contribution < -0.4 is 5.11 Å². The van der Waals surface area contributed by atoms with Gasteiger partial charge < -0.3 is 33.3 Å². The molecule has 0 saturated carbocycles. The maximum Gasteiger partial charge on any atom is 0.306 e. The number of hydrogen-bond acceptors (Lipinski definition) is 8. The van der Waals surface area contributed by atoms with Gasteiger partial charge in [0.1, 0.15) is 13.2 Å². The van der Waals surface area contributed by atoms with Crippen LogP contribution in [0.4, 0.5) is 0 Å². The minimum Gasteiger partial charge on any atom is -0.545 e. The molecule has 0 rings (SSSR count). The summed E-state index contributed by atoms with van der Waals surface area (Å²) in [5.74, 6) is -2.26. The highest BCUT2D eigenvalue weighted by atomic mass is 16.7. The molecule has 0 aromatic heterocycles. The number of unbranched alkanes of at least 4 members (excludes halogenated alkanes) is 51. The molecule has 0 amide bonds. The van der Waals surface area contributed by atoms with Crippen molar-refractivity contribution in [2.45, 2.75) is 424 Å². The molecule has 0 aliphatic rings. The summed E-state index contributed by atoms with van der Waals surface area (Å²) in [5.41, 5.74) is 0. The van der Waals surface area contributed by atoms with Crippen LogP contribution in [-0.2, 0) is 33.3 Å². The zero-order chi connectivity index (χ0) is 71.8. The lowest BCUT2D eigenvalue weighted by Crippen LogP contribution is -2.44. The van der Waals surface area contributed by atoms with Gasteiger partial charge in [-0.15, -0.1) is 0 Å². The highest BCUT2D eigenvalue weighted by molar-refractivity contribution is 5.70. The van der Waals surface area contributed by atoms with Gasteiger partial charge in [0.05, 0.1) is 40.3 Å². The van der Waals surface area contributed by atoms with Crippen molar-refractivity contribution in [2.75, 3.05) is 47.5 Å². The summed E-state index contributed by atoms with van der Waals surface area (Å²) in [7, 11) is 5.95. The Bertz CT molecular complexity index is 1910. The molecule has 99 heavy (non-hydrogen) atoms. The Morgan fingerprint density at radius 1 is 0.313 bits per heavy atom. The Kier molecular flexibility index (Phi) is 77.3. The average Bonchev–Trinajstić information content (AvgIpc) is 1.14. The van der Waals surface area contributed by atoms with Crippen molar-refractivity contribution in [1.82, 2.24) is 0 Å². The molecule has 0 radical (unpaired) electrons. The zero-order valence-corrected chi connectivity index (χ0v) is 66.1. The fourth-order valence-corrected chi connectivity index (χ4v) is 12.7. The summed E-state index contributed by atoms with van der Waals surface area (Å²) in [4.78, 5) is 37.7. The summed E-state index contributed by atoms with van der Waals surface area (Å²) in [5, 5.41) is 11.9. The quantitative estimate of drug-likeness (QED) is 0.0195. The van der Waals surface area contributed by atoms with E-state index in [2.05, 4.69) is 98.9 Å². The molecule has 0 aliphatic heterocycles. The number of likely N-dealkylation sites (N-methyl/N-ethyl adjacent to an activating group) is 1. The van der Waals surface area contributed by atoms with E-state index in [4.69, 9.17) is 18.9 Å². The molecular weight excluding hydrogens is 1220 g/mol. The topological polar surface area (TPSA) is 111 Å². The molecule has 576 valence electrons. The third-order valence-corrected chi connectivity index (χ3v) is 19.2. The average molecular weight is 1390 g/mol. The van der Waals surface area contributed by atoms with Crippen molar-refractivity contribution >= 4 is 17.9 Å². The van der Waals surface area contributed by atoms with Gasteiger partial charge in [0.2, 0.25) is 0 Å². The molecule has 0 aromatic carbocycles. The molecule has 0 aliphatic carbocycles. The highest BCUT2D eigenvalue weighted by Gasteiger charge is 2.22. The van der Waals surface area contributed by atoms with Crippen LogP contribution in [0.3, 0.4) is 0 Å². The van der Waals surface area contributed by atoms with E-state index >= 15 is 0 Å². The van der Waals surface area contributed by atoms with E-state index in [0.29, 0.717) is 23.9 Å². The molecular formula is C90H163NO8. The number of aliphatic carboxylic acids is 1. The second-order valence-electron chi connectivity index (χ2n) is 30.1. The SMILES string of the molecule is CC/C=C\C/C=C\C/C=C\C/C=C\C/C=C\C/C=C\C/C=C\CCCCCCCCCCCCCCCCCCCC(=O)OC(COC(=O)CCCCCCCCCCCCCCCCCCCCCCCCCCCCCCCCCCCCC)COC(OCC[N+](C)(C)C)C(=O)[O-]. The second kappa shape index (κ2) is 80.2. The minimum absolute atomic E-state index is 0.149. The maximum absolute atomic E-state index is 13.0. The molecule has 0 N–H and O–H groups in total. The summed E-state index contributed by atoms with van der Waals surface area (Å²) in [6, 6.07) is 0. The summed E-state index contributed by atoms with van der Waals surface area (Å²) >= 11 is 0. The van der Waals surface area contributed by atoms with Crippen molar-refractivity contribution in [2.24, 2.45) is 0 Å². The van der Waals surface area contributed by atoms with Crippen molar-refractivity contribution in [3.63, 3.8) is 0 Å². The number of hydrogen-bond donors (Lipinski definition) is 0. The monoisotopic (exact) mass is 1390 g/mol. The zero-order valence-electron chi connectivity index (χ0n) is 66.1. The number of allylic oxidation sites excluding steroid dienone is 14. The first-order valence-electron chi connectivity index (χ1n) is 42.7. The standard InChI is InChI=1S/C90H163NO8/c1-6-8-10-12-14-16-18-20-22-24-26-28-30-32-34-36-38-40-42-43-44-45-47-49-51-53-55-57-59-61-63-65-67-69-71-73-75-77-79-81-88(93)99-86(85-98-90(89(94)95)96-83-82-91(3,4)5)84-97-87(92)80-78-76-74-72-70-68-66-64-62-60-58-56-54-52-50-48-46-41-39-37-35-33-31-29-27-25-23-21-19-17-15-13-11-9-7-2/h8,10,14,16,20,22,26,28,32,34,38,40,43-44,86,90H,6-7,9,11-13,15,17-19,21,23-25,27,29-31,33,35-37,39,41-42,45-85H2,1-5H3/b10-8-,16-14-,22-20-,28-26-,34-32-,40-38-,44-43-. The van der Waals surface area contributed by atoms with Crippen LogP contribution >= 0.6 is 0 Å². The lowest BCUT2D eigenvalue weighted by atomic mass is 10.0. The number of carbonyl (C=O) groups is 3. The van der Waals surface area contributed by atoms with E-state index in [9.17, 15) is 19.5 Å². The van der Waals surface area contributed by atoms with E-state index in [1.54, 1.807) is 0 Å². The fraction of sp³-hybridized carbons (Fsp3) is 0.811. The van der Waals surface area contributed by atoms with Crippen LogP contribution in [0.25, 0.3) is 0 Å². The summed E-state index contributed by atoms with van der Waals surface area (Å²) in [6.07, 6.45) is 107. The highest BCUT2D eigenvalue weighted by Crippen LogP contribution is 2.20. The molecule has 0 saturated heterocycles. The van der Waals surface area contributed by atoms with E-state index in [1.165, 1.54) is 302 Å². The van der Waals surface area contributed by atoms with Crippen molar-refractivity contribution in [1.29, 1.82) is 0 Å². The van der Waals surface area contributed by atoms with Gasteiger partial charge >= 0.3 is 11.9 Å². The van der Waals surface area contributed by atoms with Crippen LogP contribution in [0.1, 0.15) is 412 Å². The first-order valence-corrected chi connectivity index (χ1v) is 42.7. The Hall–Kier alpha value is -3.53. The number of nitrogens with zero attached hydrogens (tertiary/aromatic N) is 1. The second-order valence-corrected chi connectivity index (χ2v) is 30.1. The molecule has 0 heterocycles. The van der Waals surface area contributed by atoms with Gasteiger partial charge in [-0.05, 0) is 70.6 Å². The number of quaternary nitrogens is 1. The Labute approximate surface area is 614 Å². The first-order chi connectivity index (χ1) is 48.6. The van der Waals surface area contributed by atoms with E-state index in [-0.39, 0.29) is 32.2 Å². The van der Waals surface area contributed by atoms with Gasteiger partial charge in [0.25, 0.3) is 0 Å². The number of rotatable bonds is 80. The van der Waals surface area contributed by atoms with Crippen molar-refractivity contribution in [3.05, 3.63) is 85.1 Å². The molecule has 0 bridgehead atoms. The Balaban J connectivity index is 3.96. The lowest BCUT2D eigenvalue weighted by molar-refractivity contribution is -0.870. The Morgan fingerprint density at radius 2 is 0.576 bits per heavy atom. The van der Waals surface area contributed by atoms with Crippen LogP contribution in [0.2, 0.25) is 0 Å². The molecule has 9 heteroatoms. The fourth-order valence-electron chi connectivity index (χ4n) is 12.7. The van der Waals surface area contributed by atoms with Gasteiger partial charge in [0, 0.05) is 12.8 Å². The Morgan fingerprint density at radius 3 is 0.859 bits per heavy atom. The van der Waals surface area contributed by atoms with E-state index < -0.39 is 24.3 Å². The van der Waals surface area contributed by atoms with Crippen molar-refractivity contribution < 1.29 is 42.9 Å². The molecule has 9 nitrogen and oxygen atoms in total. The van der Waals surface area contributed by atoms with Gasteiger partial charge in [-0.1, -0.05) is 414 Å². The van der Waals surface area contributed by atoms with Gasteiger partial charge in [0.15, 0.2) is 12.4 Å². The van der Waals surface area contributed by atoms with Gasteiger partial charge in [-0.3, -0.25) is 9.59 Å².